The first kappa shape index (κ1) is 27.4. The van der Waals surface area contributed by atoms with Gasteiger partial charge in [0.15, 0.2) is 0 Å². The van der Waals surface area contributed by atoms with Crippen molar-refractivity contribution in [1.29, 1.82) is 0 Å². The average Bonchev–Trinajstić information content (AvgIpc) is 3.57. The van der Waals surface area contributed by atoms with E-state index in [0.29, 0.717) is 5.56 Å². The third-order valence-corrected chi connectivity index (χ3v) is 10.2. The van der Waals surface area contributed by atoms with E-state index < -0.39 is 21.7 Å². The van der Waals surface area contributed by atoms with E-state index in [1.807, 2.05) is 11.2 Å². The van der Waals surface area contributed by atoms with Gasteiger partial charge >= 0.3 is 0 Å². The van der Waals surface area contributed by atoms with Crippen molar-refractivity contribution in [3.05, 3.63) is 131 Å². The second-order valence-electron chi connectivity index (χ2n) is 10.6. The number of hydrogen-bond acceptors (Lipinski definition) is 4. The van der Waals surface area contributed by atoms with Gasteiger partial charge in [0, 0.05) is 30.8 Å². The molecule has 0 aromatic heterocycles. The molecule has 0 radical (unpaired) electrons. The molecule has 0 unspecified atom stereocenters. The maximum Gasteiger partial charge on any atom is 0.246 e. The molecular formula is C32H30F3N3O2S. The molecule has 212 valence electrons. The third-order valence-electron chi connectivity index (χ3n) is 8.25. The van der Waals surface area contributed by atoms with Crippen molar-refractivity contribution in [1.82, 2.24) is 9.73 Å². The molecule has 1 N–H and O–H groups in total. The van der Waals surface area contributed by atoms with Gasteiger partial charge in [-0.15, -0.1) is 0 Å². The highest BCUT2D eigenvalue weighted by Gasteiger charge is 2.40. The van der Waals surface area contributed by atoms with E-state index in [0.717, 1.165) is 41.4 Å². The van der Waals surface area contributed by atoms with Gasteiger partial charge in [-0.25, -0.2) is 21.6 Å². The van der Waals surface area contributed by atoms with Crippen LogP contribution in [0, 0.1) is 29.3 Å². The lowest BCUT2D eigenvalue weighted by Gasteiger charge is -2.32. The molecule has 3 aromatic rings. The minimum atomic E-state index is -4.19. The smallest absolute Gasteiger partial charge is 0.246 e. The number of hydrazine groups is 1. The number of fused-ring (bicyclic) bond motifs is 1. The monoisotopic (exact) mass is 577 g/mol. The quantitative estimate of drug-likeness (QED) is 0.333. The number of halogens is 3. The number of rotatable bonds is 8. The zero-order chi connectivity index (χ0) is 28.7. The van der Waals surface area contributed by atoms with Crippen LogP contribution in [-0.4, -0.2) is 25.8 Å². The fraction of sp³-hybridized carbons (Fsp3) is 0.250. The Bertz CT molecular complexity index is 1680. The molecule has 0 bridgehead atoms. The van der Waals surface area contributed by atoms with Crippen molar-refractivity contribution in [2.75, 3.05) is 18.1 Å². The molecule has 3 aromatic carbocycles. The largest absolute Gasteiger partial charge is 0.301 e. The summed E-state index contributed by atoms with van der Waals surface area (Å²) in [5.74, 6) is -1.58. The highest BCUT2D eigenvalue weighted by atomic mass is 32.2. The van der Waals surface area contributed by atoms with Crippen LogP contribution < -0.4 is 10.4 Å². The van der Waals surface area contributed by atoms with Crippen molar-refractivity contribution in [2.24, 2.45) is 11.8 Å². The number of nitrogens with one attached hydrogen (secondary N) is 1. The number of allylic oxidation sites excluding steroid dienone is 3. The topological polar surface area (TPSA) is 52.6 Å². The van der Waals surface area contributed by atoms with Crippen LogP contribution in [0.2, 0.25) is 0 Å². The molecule has 41 heavy (non-hydrogen) atoms. The van der Waals surface area contributed by atoms with Crippen molar-refractivity contribution >= 4 is 15.7 Å². The predicted molar refractivity (Wildman–Crippen MR) is 152 cm³/mol. The van der Waals surface area contributed by atoms with Crippen LogP contribution in [0.25, 0.3) is 0 Å². The van der Waals surface area contributed by atoms with Crippen molar-refractivity contribution in [3.8, 4) is 0 Å². The van der Waals surface area contributed by atoms with Crippen molar-refractivity contribution < 1.29 is 21.6 Å². The molecule has 9 heteroatoms. The Morgan fingerprint density at radius 3 is 2.39 bits per heavy atom. The Morgan fingerprint density at radius 2 is 1.66 bits per heavy atom. The molecule has 0 amide bonds. The Labute approximate surface area is 238 Å². The second-order valence-corrected chi connectivity index (χ2v) is 12.5. The lowest BCUT2D eigenvalue weighted by atomic mass is 9.80. The van der Waals surface area contributed by atoms with Gasteiger partial charge in [-0.3, -0.25) is 5.01 Å². The second kappa shape index (κ2) is 10.9. The summed E-state index contributed by atoms with van der Waals surface area (Å²) in [5, 5.41) is 1.92. The van der Waals surface area contributed by atoms with Crippen LogP contribution >= 0.6 is 0 Å². The molecule has 0 saturated heterocycles. The van der Waals surface area contributed by atoms with Gasteiger partial charge in [-0.05, 0) is 84.9 Å². The minimum Gasteiger partial charge on any atom is -0.301 e. The third kappa shape index (κ3) is 5.08. The summed E-state index contributed by atoms with van der Waals surface area (Å²) in [5.41, 5.74) is 8.87. The Balaban J connectivity index is 1.31. The highest BCUT2D eigenvalue weighted by Crippen LogP contribution is 2.48. The number of sulfonamides is 1. The Kier molecular flexibility index (Phi) is 7.25. The van der Waals surface area contributed by atoms with E-state index in [-0.39, 0.29) is 42.1 Å². The van der Waals surface area contributed by atoms with Gasteiger partial charge in [0.25, 0.3) is 0 Å². The average molecular weight is 578 g/mol. The van der Waals surface area contributed by atoms with E-state index in [1.165, 1.54) is 46.3 Å². The molecule has 0 spiro atoms. The zero-order valence-corrected chi connectivity index (χ0v) is 23.3. The normalized spacial score (nSPS) is 20.1. The maximum atomic E-state index is 14.7. The first-order valence-electron chi connectivity index (χ1n) is 13.7. The molecule has 2 aliphatic carbocycles. The van der Waals surface area contributed by atoms with Gasteiger partial charge in [-0.2, -0.15) is 4.31 Å². The van der Waals surface area contributed by atoms with Crippen LogP contribution in [0.3, 0.4) is 0 Å². The van der Waals surface area contributed by atoms with Gasteiger partial charge in [0.2, 0.25) is 10.0 Å². The van der Waals surface area contributed by atoms with E-state index in [9.17, 15) is 21.6 Å². The minimum absolute atomic E-state index is 0.0139. The Hall–Kier alpha value is -3.82. The van der Waals surface area contributed by atoms with E-state index in [4.69, 9.17) is 0 Å². The van der Waals surface area contributed by atoms with Crippen molar-refractivity contribution in [3.63, 3.8) is 0 Å². The molecule has 3 aliphatic rings. The molecule has 0 fully saturated rings. The van der Waals surface area contributed by atoms with Gasteiger partial charge in [0.05, 0.1) is 11.4 Å². The molecule has 0 saturated carbocycles. The number of anilines is 1. The highest BCUT2D eigenvalue weighted by molar-refractivity contribution is 7.89. The van der Waals surface area contributed by atoms with Crippen LogP contribution in [0.1, 0.15) is 25.3 Å². The lowest BCUT2D eigenvalue weighted by Crippen LogP contribution is -2.38. The van der Waals surface area contributed by atoms with Gasteiger partial charge < -0.3 is 5.43 Å². The molecule has 2 atom stereocenters. The number of nitrogens with zero attached hydrogens (tertiary/aromatic N) is 2. The fourth-order valence-corrected chi connectivity index (χ4v) is 7.75. The summed E-state index contributed by atoms with van der Waals surface area (Å²) in [6.07, 6.45) is 5.75. The van der Waals surface area contributed by atoms with Crippen molar-refractivity contribution in [2.45, 2.75) is 31.1 Å². The predicted octanol–water partition coefficient (Wildman–Crippen LogP) is 6.49. The summed E-state index contributed by atoms with van der Waals surface area (Å²) >= 11 is 0. The van der Waals surface area contributed by atoms with Gasteiger partial charge in [-0.1, -0.05) is 42.8 Å². The molecular weight excluding hydrogens is 547 g/mol. The summed E-state index contributed by atoms with van der Waals surface area (Å²) in [6, 6.07) is 17.9. The molecule has 1 heterocycles. The van der Waals surface area contributed by atoms with E-state index in [1.54, 1.807) is 30.3 Å². The van der Waals surface area contributed by atoms with Crippen LogP contribution in [-0.2, 0) is 16.4 Å². The lowest BCUT2D eigenvalue weighted by molar-refractivity contribution is 0.354. The standard InChI is InChI=1S/C32H30F3N3O2S/c1-21-27-19-36-38(26-14-12-25(33)13-15-26)30(27)18-23-10-11-24(32(21)23)20-37(17-16-22-6-2-3-7-28(22)34)41(39,40)31-9-5-4-8-29(31)35/h2-9,12-15,18-19,21,24,36H,10-11,16-17,20H2,1H3/t21-,24+/m0/s1. The fourth-order valence-electron chi connectivity index (χ4n) is 6.20. The SMILES string of the molecule is C[C@H]1C2=CNN(c3ccc(F)cc3)C2=CC2=C1[C@@H](CN(CCc1ccccc1F)S(=O)(=O)c1ccccc1F)CC2. The Morgan fingerprint density at radius 1 is 0.951 bits per heavy atom. The van der Waals surface area contributed by atoms with E-state index in [2.05, 4.69) is 18.4 Å². The first-order chi connectivity index (χ1) is 19.7. The van der Waals surface area contributed by atoms with Crippen LogP contribution in [0.5, 0.6) is 0 Å². The molecule has 5 nitrogen and oxygen atoms in total. The van der Waals surface area contributed by atoms with Gasteiger partial charge in [0.1, 0.15) is 22.3 Å². The van der Waals surface area contributed by atoms with E-state index >= 15 is 0 Å². The summed E-state index contributed by atoms with van der Waals surface area (Å²) in [4.78, 5) is -0.378. The summed E-state index contributed by atoms with van der Waals surface area (Å²) in [6.45, 7) is 2.30. The first-order valence-corrected chi connectivity index (χ1v) is 15.1. The molecule has 1 aliphatic heterocycles. The van der Waals surface area contributed by atoms with Crippen LogP contribution in [0.15, 0.2) is 112 Å². The van der Waals surface area contributed by atoms with Crippen LogP contribution in [0.4, 0.5) is 18.9 Å². The number of hydrogen-bond donors (Lipinski definition) is 1. The summed E-state index contributed by atoms with van der Waals surface area (Å²) in [7, 11) is -4.19. The number of benzene rings is 3. The zero-order valence-electron chi connectivity index (χ0n) is 22.5. The maximum absolute atomic E-state index is 14.7. The molecule has 6 rings (SSSR count). The summed E-state index contributed by atoms with van der Waals surface area (Å²) < 4.78 is 71.6.